The van der Waals surface area contributed by atoms with Crippen molar-refractivity contribution in [2.45, 2.75) is 78.1 Å². The molecule has 0 bridgehead atoms. The summed E-state index contributed by atoms with van der Waals surface area (Å²) >= 11 is 0. The first-order valence-corrected chi connectivity index (χ1v) is 12.3. The average molecular weight is 449 g/mol. The van der Waals surface area contributed by atoms with Crippen LogP contribution < -0.4 is 0 Å². The first-order valence-electron chi connectivity index (χ1n) is 12.3. The molecule has 0 radical (unpaired) electrons. The van der Waals surface area contributed by atoms with E-state index in [1.807, 2.05) is 23.9 Å². The molecule has 0 saturated heterocycles. The third-order valence-electron chi connectivity index (χ3n) is 5.48. The Morgan fingerprint density at radius 2 is 0.969 bits per heavy atom. The van der Waals surface area contributed by atoms with Crippen LogP contribution in [0.15, 0.2) is 24.3 Å². The number of hydrogen-bond acceptors (Lipinski definition) is 6. The minimum atomic E-state index is -0.384. The van der Waals surface area contributed by atoms with Gasteiger partial charge in [-0.25, -0.2) is 9.59 Å². The van der Waals surface area contributed by atoms with Gasteiger partial charge in [0.05, 0.1) is 11.1 Å². The molecule has 32 heavy (non-hydrogen) atoms. The minimum absolute atomic E-state index is 0.265. The fraction of sp³-hybridized carbons (Fsp3) is 0.692. The second-order valence-electron chi connectivity index (χ2n) is 8.69. The molecular weight excluding hydrogens is 404 g/mol. The molecule has 0 spiro atoms. The number of ether oxygens (including phenoxy) is 2. The van der Waals surface area contributed by atoms with Crippen LogP contribution in [0.25, 0.3) is 0 Å². The third kappa shape index (κ3) is 12.8. The van der Waals surface area contributed by atoms with Crippen LogP contribution in [0.5, 0.6) is 0 Å². The van der Waals surface area contributed by atoms with Gasteiger partial charge >= 0.3 is 11.9 Å². The molecule has 0 saturated carbocycles. The SMILES string of the molecule is CCCCCCCN(C)COC(=O)c1ccc(C(=O)OCN(C)CCCCCCC)cc1. The lowest BCUT2D eigenvalue weighted by Gasteiger charge is -2.17. The molecule has 0 N–H and O–H groups in total. The molecule has 0 atom stereocenters. The summed E-state index contributed by atoms with van der Waals surface area (Å²) in [5.41, 5.74) is 0.865. The Balaban J connectivity index is 2.29. The molecule has 0 unspecified atom stereocenters. The molecule has 0 aliphatic heterocycles. The summed E-state index contributed by atoms with van der Waals surface area (Å²) in [4.78, 5) is 28.5. The van der Waals surface area contributed by atoms with E-state index >= 15 is 0 Å². The normalized spacial score (nSPS) is 11.2. The highest BCUT2D eigenvalue weighted by molar-refractivity contribution is 5.93. The van der Waals surface area contributed by atoms with Crippen molar-refractivity contribution in [2.75, 3.05) is 40.6 Å². The smallest absolute Gasteiger partial charge is 0.339 e. The summed E-state index contributed by atoms with van der Waals surface area (Å²) in [5, 5.41) is 0. The molecule has 182 valence electrons. The van der Waals surface area contributed by atoms with Crippen LogP contribution in [0.4, 0.5) is 0 Å². The van der Waals surface area contributed by atoms with Crippen molar-refractivity contribution in [3.63, 3.8) is 0 Å². The van der Waals surface area contributed by atoms with Crippen molar-refractivity contribution in [3.8, 4) is 0 Å². The zero-order valence-electron chi connectivity index (χ0n) is 20.7. The molecule has 6 nitrogen and oxygen atoms in total. The lowest BCUT2D eigenvalue weighted by atomic mass is 10.1. The van der Waals surface area contributed by atoms with E-state index in [4.69, 9.17) is 9.47 Å². The van der Waals surface area contributed by atoms with Gasteiger partial charge in [-0.1, -0.05) is 65.2 Å². The Morgan fingerprint density at radius 1 is 0.625 bits per heavy atom. The van der Waals surface area contributed by atoms with Crippen LogP contribution in [0.3, 0.4) is 0 Å². The molecule has 1 rings (SSSR count). The topological polar surface area (TPSA) is 59.1 Å². The van der Waals surface area contributed by atoms with Gasteiger partial charge < -0.3 is 9.47 Å². The van der Waals surface area contributed by atoms with Gasteiger partial charge in [0.25, 0.3) is 0 Å². The van der Waals surface area contributed by atoms with E-state index in [0.717, 1.165) is 25.9 Å². The number of hydrogen-bond donors (Lipinski definition) is 0. The molecule has 1 aromatic carbocycles. The Morgan fingerprint density at radius 3 is 1.31 bits per heavy atom. The highest BCUT2D eigenvalue weighted by Gasteiger charge is 2.12. The van der Waals surface area contributed by atoms with Crippen LogP contribution in [0.2, 0.25) is 0 Å². The number of carbonyl (C=O) groups is 2. The molecule has 0 aliphatic carbocycles. The monoisotopic (exact) mass is 448 g/mol. The van der Waals surface area contributed by atoms with E-state index in [2.05, 4.69) is 13.8 Å². The van der Waals surface area contributed by atoms with Gasteiger partial charge in [-0.15, -0.1) is 0 Å². The van der Waals surface area contributed by atoms with Crippen molar-refractivity contribution in [1.29, 1.82) is 0 Å². The van der Waals surface area contributed by atoms with Gasteiger partial charge in [0.2, 0.25) is 0 Å². The Hall–Kier alpha value is -1.92. The average Bonchev–Trinajstić information content (AvgIpc) is 2.80. The number of esters is 2. The highest BCUT2D eigenvalue weighted by atomic mass is 16.5. The standard InChI is InChI=1S/C26H44N2O4/c1-5-7-9-11-13-19-27(3)21-31-25(29)23-15-17-24(18-16-23)26(30)32-22-28(4)20-14-12-10-8-6-2/h15-18H,5-14,19-22H2,1-4H3. The summed E-state index contributed by atoms with van der Waals surface area (Å²) < 4.78 is 10.7. The molecule has 0 amide bonds. The number of rotatable bonds is 18. The summed E-state index contributed by atoms with van der Waals surface area (Å²) in [7, 11) is 3.91. The molecule has 1 aromatic rings. The molecule has 6 heteroatoms. The van der Waals surface area contributed by atoms with E-state index in [0.29, 0.717) is 11.1 Å². The van der Waals surface area contributed by atoms with Crippen molar-refractivity contribution in [2.24, 2.45) is 0 Å². The number of nitrogens with zero attached hydrogens (tertiary/aromatic N) is 2. The van der Waals surface area contributed by atoms with Crippen molar-refractivity contribution < 1.29 is 19.1 Å². The van der Waals surface area contributed by atoms with E-state index in [1.54, 1.807) is 24.3 Å². The Bertz CT molecular complexity index is 578. The predicted molar refractivity (Wildman–Crippen MR) is 130 cm³/mol. The zero-order chi connectivity index (χ0) is 23.6. The minimum Gasteiger partial charge on any atom is -0.446 e. The first-order chi connectivity index (χ1) is 15.5. The molecule has 0 heterocycles. The molecular formula is C26H44N2O4. The van der Waals surface area contributed by atoms with Crippen LogP contribution in [0.1, 0.15) is 98.8 Å². The summed E-state index contributed by atoms with van der Waals surface area (Å²) in [6.07, 6.45) is 12.2. The van der Waals surface area contributed by atoms with Gasteiger partial charge in [-0.2, -0.15) is 0 Å². The quantitative estimate of drug-likeness (QED) is 0.163. The Kier molecular flexibility index (Phi) is 15.5. The predicted octanol–water partition coefficient (Wildman–Crippen LogP) is 5.72. The van der Waals surface area contributed by atoms with Gasteiger partial charge in [-0.3, -0.25) is 9.80 Å². The van der Waals surface area contributed by atoms with Gasteiger partial charge in [0.1, 0.15) is 13.5 Å². The second kappa shape index (κ2) is 17.6. The van der Waals surface area contributed by atoms with Crippen molar-refractivity contribution in [3.05, 3.63) is 35.4 Å². The van der Waals surface area contributed by atoms with E-state index < -0.39 is 0 Å². The van der Waals surface area contributed by atoms with E-state index in [1.165, 1.54) is 51.4 Å². The molecule has 0 aliphatic rings. The van der Waals surface area contributed by atoms with Gasteiger partial charge in [0, 0.05) is 13.1 Å². The van der Waals surface area contributed by atoms with E-state index in [9.17, 15) is 9.59 Å². The maximum atomic E-state index is 12.3. The summed E-state index contributed by atoms with van der Waals surface area (Å²) in [6.45, 7) is 6.76. The van der Waals surface area contributed by atoms with Crippen molar-refractivity contribution >= 4 is 11.9 Å². The zero-order valence-corrected chi connectivity index (χ0v) is 20.7. The highest BCUT2D eigenvalue weighted by Crippen LogP contribution is 2.09. The number of carbonyl (C=O) groups excluding carboxylic acids is 2. The van der Waals surface area contributed by atoms with Crippen molar-refractivity contribution in [1.82, 2.24) is 9.80 Å². The third-order valence-corrected chi connectivity index (χ3v) is 5.48. The van der Waals surface area contributed by atoms with Crippen LogP contribution in [-0.4, -0.2) is 62.4 Å². The largest absolute Gasteiger partial charge is 0.446 e. The number of benzene rings is 1. The first kappa shape index (κ1) is 28.1. The van der Waals surface area contributed by atoms with E-state index in [-0.39, 0.29) is 25.4 Å². The fourth-order valence-electron chi connectivity index (χ4n) is 3.35. The molecule has 0 aromatic heterocycles. The Labute approximate surface area is 195 Å². The second-order valence-corrected chi connectivity index (χ2v) is 8.69. The van der Waals surface area contributed by atoms with Gasteiger partial charge in [0.15, 0.2) is 0 Å². The maximum absolute atomic E-state index is 12.3. The van der Waals surface area contributed by atoms with Crippen LogP contribution in [0, 0.1) is 0 Å². The summed E-state index contributed by atoms with van der Waals surface area (Å²) in [5.74, 6) is -0.767. The maximum Gasteiger partial charge on any atom is 0.339 e. The van der Waals surface area contributed by atoms with Crippen LogP contribution >= 0.6 is 0 Å². The molecule has 0 fully saturated rings. The van der Waals surface area contributed by atoms with Crippen LogP contribution in [-0.2, 0) is 9.47 Å². The number of unbranched alkanes of at least 4 members (excludes halogenated alkanes) is 8. The lowest BCUT2D eigenvalue weighted by Crippen LogP contribution is -2.25. The fourth-order valence-corrected chi connectivity index (χ4v) is 3.35. The summed E-state index contributed by atoms with van der Waals surface area (Å²) in [6, 6.07) is 6.45. The lowest BCUT2D eigenvalue weighted by molar-refractivity contribution is 0.0258. The van der Waals surface area contributed by atoms with Gasteiger partial charge in [-0.05, 0) is 51.2 Å².